The number of benzene rings is 2. The Morgan fingerprint density at radius 2 is 1.59 bits per heavy atom. The van der Waals surface area contributed by atoms with Gasteiger partial charge in [-0.1, -0.05) is 42.0 Å². The number of alkyl halides is 1. The molecule has 0 saturated carbocycles. The van der Waals surface area contributed by atoms with Crippen LogP contribution in [0.3, 0.4) is 0 Å². The summed E-state index contributed by atoms with van der Waals surface area (Å²) in [6.45, 7) is 2.06. The van der Waals surface area contributed by atoms with Crippen LogP contribution in [-0.4, -0.2) is 0 Å². The summed E-state index contributed by atoms with van der Waals surface area (Å²) < 4.78 is 12.8. The molecule has 0 radical (unpaired) electrons. The lowest BCUT2D eigenvalue weighted by atomic mass is 10.0. The van der Waals surface area contributed by atoms with Gasteiger partial charge in [0.05, 0.1) is 5.38 Å². The van der Waals surface area contributed by atoms with Gasteiger partial charge in [0.1, 0.15) is 5.82 Å². The van der Waals surface area contributed by atoms with Crippen molar-refractivity contribution in [1.82, 2.24) is 0 Å². The summed E-state index contributed by atoms with van der Waals surface area (Å²) in [7, 11) is 0. The molecule has 0 spiro atoms. The maximum atomic E-state index is 12.8. The Bertz CT molecular complexity index is 473. The third-order valence-electron chi connectivity index (χ3n) is 2.77. The average molecular weight is 249 g/mol. The molecule has 2 rings (SSSR count). The van der Waals surface area contributed by atoms with Crippen LogP contribution in [-0.2, 0) is 6.42 Å². The molecule has 1 atom stereocenters. The molecule has 2 aromatic carbocycles. The molecule has 0 heterocycles. The number of hydrogen-bond donors (Lipinski definition) is 0. The van der Waals surface area contributed by atoms with E-state index in [9.17, 15) is 4.39 Å². The molecule has 0 amide bonds. The van der Waals surface area contributed by atoms with Crippen molar-refractivity contribution in [3.05, 3.63) is 71.0 Å². The second-order valence-electron chi connectivity index (χ2n) is 4.21. The zero-order valence-electron chi connectivity index (χ0n) is 9.66. The van der Waals surface area contributed by atoms with Gasteiger partial charge in [0.2, 0.25) is 0 Å². The van der Waals surface area contributed by atoms with E-state index in [1.54, 1.807) is 12.1 Å². The molecule has 0 fully saturated rings. The highest BCUT2D eigenvalue weighted by Crippen LogP contribution is 2.25. The standard InChI is InChI=1S/C15H14ClF/c1-11-2-4-12(5-3-11)10-15(16)13-6-8-14(17)9-7-13/h2-9,15H,10H2,1H3. The minimum Gasteiger partial charge on any atom is -0.207 e. The molecular weight excluding hydrogens is 235 g/mol. The van der Waals surface area contributed by atoms with Gasteiger partial charge in [-0.05, 0) is 36.6 Å². The van der Waals surface area contributed by atoms with Crippen molar-refractivity contribution in [1.29, 1.82) is 0 Å². The number of halogens is 2. The first-order valence-corrected chi connectivity index (χ1v) is 6.04. The summed E-state index contributed by atoms with van der Waals surface area (Å²) in [5.41, 5.74) is 3.38. The molecule has 0 aromatic heterocycles. The second-order valence-corrected chi connectivity index (χ2v) is 4.74. The maximum absolute atomic E-state index is 12.8. The lowest BCUT2D eigenvalue weighted by Crippen LogP contribution is -1.96. The van der Waals surface area contributed by atoms with Gasteiger partial charge in [0.15, 0.2) is 0 Å². The Hall–Kier alpha value is -1.34. The lowest BCUT2D eigenvalue weighted by molar-refractivity contribution is 0.626. The molecule has 17 heavy (non-hydrogen) atoms. The number of aryl methyl sites for hydroxylation is 1. The van der Waals surface area contributed by atoms with Gasteiger partial charge >= 0.3 is 0 Å². The van der Waals surface area contributed by atoms with E-state index < -0.39 is 0 Å². The van der Waals surface area contributed by atoms with Crippen LogP contribution in [0.2, 0.25) is 0 Å². The van der Waals surface area contributed by atoms with Crippen molar-refractivity contribution >= 4 is 11.6 Å². The molecule has 1 unspecified atom stereocenters. The van der Waals surface area contributed by atoms with Crippen molar-refractivity contribution in [2.75, 3.05) is 0 Å². The van der Waals surface area contributed by atoms with Crippen LogP contribution in [0.5, 0.6) is 0 Å². The second kappa shape index (κ2) is 5.33. The SMILES string of the molecule is Cc1ccc(CC(Cl)c2ccc(F)cc2)cc1. The van der Waals surface area contributed by atoms with Gasteiger partial charge in [-0.2, -0.15) is 0 Å². The molecule has 0 saturated heterocycles. The molecule has 88 valence electrons. The number of rotatable bonds is 3. The van der Waals surface area contributed by atoms with Crippen molar-refractivity contribution in [3.63, 3.8) is 0 Å². The van der Waals surface area contributed by atoms with Gasteiger partial charge in [-0.15, -0.1) is 11.6 Å². The van der Waals surface area contributed by atoms with Gasteiger partial charge < -0.3 is 0 Å². The smallest absolute Gasteiger partial charge is 0.123 e. The molecule has 2 heteroatoms. The summed E-state index contributed by atoms with van der Waals surface area (Å²) in [5.74, 6) is -0.229. The first-order chi connectivity index (χ1) is 8.15. The van der Waals surface area contributed by atoms with E-state index in [0.717, 1.165) is 12.0 Å². The highest BCUT2D eigenvalue weighted by Gasteiger charge is 2.08. The van der Waals surface area contributed by atoms with Crippen LogP contribution >= 0.6 is 11.6 Å². The Kier molecular flexibility index (Phi) is 3.80. The highest BCUT2D eigenvalue weighted by atomic mass is 35.5. The lowest BCUT2D eigenvalue weighted by Gasteiger charge is -2.10. The normalized spacial score (nSPS) is 12.4. The van der Waals surface area contributed by atoms with E-state index in [1.807, 2.05) is 0 Å². The Labute approximate surface area is 106 Å². The zero-order chi connectivity index (χ0) is 12.3. The summed E-state index contributed by atoms with van der Waals surface area (Å²) in [5, 5.41) is -0.113. The van der Waals surface area contributed by atoms with Crippen LogP contribution in [0.25, 0.3) is 0 Å². The predicted octanol–water partition coefficient (Wildman–Crippen LogP) is 4.66. The highest BCUT2D eigenvalue weighted by molar-refractivity contribution is 6.20. The van der Waals surface area contributed by atoms with Gasteiger partial charge in [0, 0.05) is 0 Å². The van der Waals surface area contributed by atoms with Crippen LogP contribution in [0, 0.1) is 12.7 Å². The van der Waals surface area contributed by atoms with Crippen LogP contribution in [0.4, 0.5) is 4.39 Å². The predicted molar refractivity (Wildman–Crippen MR) is 69.9 cm³/mol. The summed E-state index contributed by atoms with van der Waals surface area (Å²) in [4.78, 5) is 0. The fraction of sp³-hybridized carbons (Fsp3) is 0.200. The first kappa shape index (κ1) is 12.1. The molecule has 0 bridgehead atoms. The van der Waals surface area contributed by atoms with E-state index in [1.165, 1.54) is 23.3 Å². The van der Waals surface area contributed by atoms with Crippen LogP contribution in [0.15, 0.2) is 48.5 Å². The van der Waals surface area contributed by atoms with E-state index in [-0.39, 0.29) is 11.2 Å². The van der Waals surface area contributed by atoms with E-state index in [2.05, 4.69) is 31.2 Å². The fourth-order valence-electron chi connectivity index (χ4n) is 1.72. The third kappa shape index (κ3) is 3.31. The summed E-state index contributed by atoms with van der Waals surface area (Å²) in [6, 6.07) is 14.7. The minimum atomic E-state index is -0.229. The third-order valence-corrected chi connectivity index (χ3v) is 3.17. The number of hydrogen-bond acceptors (Lipinski definition) is 0. The summed E-state index contributed by atoms with van der Waals surface area (Å²) >= 11 is 6.31. The molecule has 2 aromatic rings. The Morgan fingerprint density at radius 1 is 1.00 bits per heavy atom. The zero-order valence-corrected chi connectivity index (χ0v) is 10.4. The van der Waals surface area contributed by atoms with Gasteiger partial charge in [-0.3, -0.25) is 0 Å². The Morgan fingerprint density at radius 3 is 2.18 bits per heavy atom. The maximum Gasteiger partial charge on any atom is 0.123 e. The quantitative estimate of drug-likeness (QED) is 0.694. The molecule has 0 nitrogen and oxygen atoms in total. The topological polar surface area (TPSA) is 0 Å². The molecule has 0 aliphatic heterocycles. The van der Waals surface area contributed by atoms with Crippen molar-refractivity contribution in [3.8, 4) is 0 Å². The molecule has 0 N–H and O–H groups in total. The van der Waals surface area contributed by atoms with E-state index in [4.69, 9.17) is 11.6 Å². The van der Waals surface area contributed by atoms with Gasteiger partial charge in [-0.25, -0.2) is 4.39 Å². The van der Waals surface area contributed by atoms with Gasteiger partial charge in [0.25, 0.3) is 0 Å². The minimum absolute atomic E-state index is 0.113. The van der Waals surface area contributed by atoms with Crippen molar-refractivity contribution < 1.29 is 4.39 Å². The van der Waals surface area contributed by atoms with E-state index in [0.29, 0.717) is 0 Å². The average Bonchev–Trinajstić information content (AvgIpc) is 2.33. The molecular formula is C15H14ClF. The largest absolute Gasteiger partial charge is 0.207 e. The van der Waals surface area contributed by atoms with Crippen LogP contribution < -0.4 is 0 Å². The van der Waals surface area contributed by atoms with Crippen molar-refractivity contribution in [2.24, 2.45) is 0 Å². The molecule has 0 aliphatic carbocycles. The van der Waals surface area contributed by atoms with Crippen molar-refractivity contribution in [2.45, 2.75) is 18.7 Å². The fourth-order valence-corrected chi connectivity index (χ4v) is 2.04. The summed E-state index contributed by atoms with van der Waals surface area (Å²) in [6.07, 6.45) is 0.757. The van der Waals surface area contributed by atoms with Crippen LogP contribution in [0.1, 0.15) is 22.1 Å². The Balaban J connectivity index is 2.08. The van der Waals surface area contributed by atoms with E-state index >= 15 is 0 Å². The molecule has 0 aliphatic rings. The monoisotopic (exact) mass is 248 g/mol. The first-order valence-electron chi connectivity index (χ1n) is 5.60.